The van der Waals surface area contributed by atoms with Crippen molar-refractivity contribution in [3.8, 4) is 0 Å². The summed E-state index contributed by atoms with van der Waals surface area (Å²) in [6.07, 6.45) is 32.7. The summed E-state index contributed by atoms with van der Waals surface area (Å²) in [5, 5.41) is 9.55. The summed E-state index contributed by atoms with van der Waals surface area (Å²) in [6.45, 7) is 3.85. The van der Waals surface area contributed by atoms with E-state index in [1.54, 1.807) is 6.20 Å². The quantitative estimate of drug-likeness (QED) is 0.0283. The molecule has 1 aromatic rings. The third-order valence-electron chi connectivity index (χ3n) is 10.3. The molecule has 0 aliphatic heterocycles. The lowest BCUT2D eigenvalue weighted by atomic mass is 9.96. The van der Waals surface area contributed by atoms with Crippen molar-refractivity contribution < 1.29 is 43.3 Å². The standard InChI is InChI=1S/C45H78N2O9/c1-3-5-7-9-11-13-15-17-19-21-23-25-27-29-42(49)54-35-41(56-43(50)30-28-26-24-22-20-18-16-14-12-10-8-6-4-2)36-55-44(51)33-40(48)32-38(45(52)53)31-39-34-46-37-47-39/h34,37-38,41H,3-33,35-36H2,1-2H3,(H,46,47)(H,52,53). The second kappa shape index (κ2) is 36.1. The molecule has 56 heavy (non-hydrogen) atoms. The van der Waals surface area contributed by atoms with Crippen LogP contribution in [0.3, 0.4) is 0 Å². The summed E-state index contributed by atoms with van der Waals surface area (Å²) in [6, 6.07) is 0. The Morgan fingerprint density at radius 1 is 0.589 bits per heavy atom. The topological polar surface area (TPSA) is 162 Å². The molecule has 0 spiro atoms. The molecule has 0 amide bonds. The van der Waals surface area contributed by atoms with Crippen molar-refractivity contribution in [2.45, 2.75) is 219 Å². The van der Waals surface area contributed by atoms with Crippen LogP contribution in [0.2, 0.25) is 0 Å². The van der Waals surface area contributed by atoms with Gasteiger partial charge in [-0.05, 0) is 12.8 Å². The van der Waals surface area contributed by atoms with Crippen molar-refractivity contribution in [2.24, 2.45) is 5.92 Å². The molecule has 1 aromatic heterocycles. The number of H-pyrrole nitrogens is 1. The first-order valence-corrected chi connectivity index (χ1v) is 22.5. The molecule has 0 saturated carbocycles. The first-order chi connectivity index (χ1) is 27.2. The average molecular weight is 791 g/mol. The lowest BCUT2D eigenvalue weighted by Crippen LogP contribution is -2.31. The molecule has 11 heteroatoms. The predicted molar refractivity (Wildman–Crippen MR) is 220 cm³/mol. The van der Waals surface area contributed by atoms with Gasteiger partial charge in [-0.25, -0.2) is 4.98 Å². The fraction of sp³-hybridized carbons (Fsp3) is 0.822. The minimum atomic E-state index is -1.16. The predicted octanol–water partition coefficient (Wildman–Crippen LogP) is 11.0. The molecule has 1 heterocycles. The van der Waals surface area contributed by atoms with Crippen LogP contribution in [0.1, 0.15) is 212 Å². The van der Waals surface area contributed by atoms with Gasteiger partial charge in [0.15, 0.2) is 6.10 Å². The van der Waals surface area contributed by atoms with Crippen LogP contribution < -0.4 is 0 Å². The van der Waals surface area contributed by atoms with Gasteiger partial charge in [0, 0.05) is 31.9 Å². The third kappa shape index (κ3) is 30.9. The van der Waals surface area contributed by atoms with Gasteiger partial charge in [-0.2, -0.15) is 0 Å². The molecule has 0 fully saturated rings. The van der Waals surface area contributed by atoms with E-state index in [4.69, 9.17) is 14.2 Å². The smallest absolute Gasteiger partial charge is 0.313 e. The largest absolute Gasteiger partial charge is 0.481 e. The third-order valence-corrected chi connectivity index (χ3v) is 10.3. The number of carbonyl (C=O) groups is 5. The Morgan fingerprint density at radius 2 is 1.00 bits per heavy atom. The molecule has 0 aromatic carbocycles. The molecule has 2 unspecified atom stereocenters. The Bertz CT molecular complexity index is 1140. The highest BCUT2D eigenvalue weighted by atomic mass is 16.6. The highest BCUT2D eigenvalue weighted by Gasteiger charge is 2.25. The van der Waals surface area contributed by atoms with Gasteiger partial charge in [0.05, 0.1) is 17.9 Å². The van der Waals surface area contributed by atoms with Crippen LogP contribution in [-0.2, 0) is 44.6 Å². The van der Waals surface area contributed by atoms with Crippen molar-refractivity contribution in [1.82, 2.24) is 9.97 Å². The van der Waals surface area contributed by atoms with E-state index < -0.39 is 48.1 Å². The summed E-state index contributed by atoms with van der Waals surface area (Å²) in [5.74, 6) is -4.51. The highest BCUT2D eigenvalue weighted by Crippen LogP contribution is 2.16. The molecule has 1 rings (SSSR count). The number of ketones is 1. The number of carboxylic acids is 1. The van der Waals surface area contributed by atoms with Crippen LogP contribution in [0.15, 0.2) is 12.5 Å². The van der Waals surface area contributed by atoms with E-state index in [0.717, 1.165) is 38.5 Å². The molecular weight excluding hydrogens is 712 g/mol. The van der Waals surface area contributed by atoms with Crippen molar-refractivity contribution in [1.29, 1.82) is 0 Å². The summed E-state index contributed by atoms with van der Waals surface area (Å²) in [7, 11) is 0. The summed E-state index contributed by atoms with van der Waals surface area (Å²) >= 11 is 0. The normalized spacial score (nSPS) is 12.2. The molecule has 2 atom stereocenters. The zero-order valence-electron chi connectivity index (χ0n) is 35.3. The maximum Gasteiger partial charge on any atom is 0.313 e. The fourth-order valence-corrected chi connectivity index (χ4v) is 6.84. The zero-order chi connectivity index (χ0) is 40.9. The van der Waals surface area contributed by atoms with E-state index in [9.17, 15) is 29.1 Å². The van der Waals surface area contributed by atoms with Crippen molar-refractivity contribution >= 4 is 29.7 Å². The van der Waals surface area contributed by atoms with Crippen molar-refractivity contribution in [3.05, 3.63) is 18.2 Å². The van der Waals surface area contributed by atoms with Gasteiger partial charge in [-0.3, -0.25) is 24.0 Å². The molecule has 0 aliphatic carbocycles. The Kier molecular flexibility index (Phi) is 32.8. The van der Waals surface area contributed by atoms with Crippen LogP contribution in [0.25, 0.3) is 0 Å². The number of Topliss-reactive ketones (excluding diaryl/α,β-unsaturated/α-hetero) is 1. The summed E-state index contributed by atoms with van der Waals surface area (Å²) < 4.78 is 16.3. The number of hydrogen-bond donors (Lipinski definition) is 2. The SMILES string of the molecule is CCCCCCCCCCCCCCCC(=O)OCC(COC(=O)CC(=O)CC(Cc1c[nH]cn1)C(=O)O)OC(=O)CCCCCCCCCCCCCCC. The minimum Gasteiger partial charge on any atom is -0.481 e. The van der Waals surface area contributed by atoms with Crippen LogP contribution in [-0.4, -0.2) is 64.1 Å². The fourth-order valence-electron chi connectivity index (χ4n) is 6.84. The van der Waals surface area contributed by atoms with E-state index in [2.05, 4.69) is 23.8 Å². The lowest BCUT2D eigenvalue weighted by molar-refractivity contribution is -0.167. The molecule has 2 N–H and O–H groups in total. The summed E-state index contributed by atoms with van der Waals surface area (Å²) in [4.78, 5) is 68.8. The van der Waals surface area contributed by atoms with Crippen LogP contribution in [0.5, 0.6) is 0 Å². The number of imidazole rings is 1. The highest BCUT2D eigenvalue weighted by molar-refractivity contribution is 5.97. The maximum absolute atomic E-state index is 12.7. The number of rotatable bonds is 40. The molecular formula is C45H78N2O9. The van der Waals surface area contributed by atoms with E-state index in [-0.39, 0.29) is 38.9 Å². The second-order valence-corrected chi connectivity index (χ2v) is 15.7. The van der Waals surface area contributed by atoms with Gasteiger partial charge in [-0.1, -0.05) is 168 Å². The van der Waals surface area contributed by atoms with Crippen LogP contribution in [0.4, 0.5) is 0 Å². The number of aliphatic carboxylic acids is 1. The Balaban J connectivity index is 2.42. The van der Waals surface area contributed by atoms with E-state index in [1.165, 1.54) is 122 Å². The Hall–Kier alpha value is -3.24. The number of unbranched alkanes of at least 4 members (excludes halogenated alkanes) is 24. The number of aromatic amines is 1. The molecule has 0 saturated heterocycles. The number of ether oxygens (including phenoxy) is 3. The average Bonchev–Trinajstić information content (AvgIpc) is 3.69. The Morgan fingerprint density at radius 3 is 1.41 bits per heavy atom. The van der Waals surface area contributed by atoms with Gasteiger partial charge in [0.2, 0.25) is 0 Å². The van der Waals surface area contributed by atoms with E-state index in [1.807, 2.05) is 0 Å². The van der Waals surface area contributed by atoms with E-state index in [0.29, 0.717) is 18.5 Å². The first kappa shape index (κ1) is 50.8. The van der Waals surface area contributed by atoms with Gasteiger partial charge in [0.25, 0.3) is 0 Å². The number of esters is 3. The molecule has 0 radical (unpaired) electrons. The van der Waals surface area contributed by atoms with Gasteiger partial charge >= 0.3 is 23.9 Å². The first-order valence-electron chi connectivity index (χ1n) is 22.5. The van der Waals surface area contributed by atoms with Gasteiger partial charge in [0.1, 0.15) is 25.4 Å². The lowest BCUT2D eigenvalue weighted by Gasteiger charge is -2.18. The summed E-state index contributed by atoms with van der Waals surface area (Å²) in [5.41, 5.74) is 0.500. The van der Waals surface area contributed by atoms with E-state index >= 15 is 0 Å². The monoisotopic (exact) mass is 791 g/mol. The minimum absolute atomic E-state index is 0.0432. The molecule has 11 nitrogen and oxygen atoms in total. The Labute approximate surface area is 338 Å². The zero-order valence-corrected chi connectivity index (χ0v) is 35.3. The number of hydrogen-bond acceptors (Lipinski definition) is 9. The number of aromatic nitrogens is 2. The van der Waals surface area contributed by atoms with Crippen LogP contribution >= 0.6 is 0 Å². The number of nitrogens with zero attached hydrogens (tertiary/aromatic N) is 1. The van der Waals surface area contributed by atoms with Crippen molar-refractivity contribution in [2.75, 3.05) is 13.2 Å². The molecule has 0 bridgehead atoms. The number of carboxylic acid groups (broad SMARTS) is 1. The number of nitrogens with one attached hydrogen (secondary N) is 1. The maximum atomic E-state index is 12.7. The molecule has 322 valence electrons. The number of carbonyl (C=O) groups excluding carboxylic acids is 4. The second-order valence-electron chi connectivity index (χ2n) is 15.7. The van der Waals surface area contributed by atoms with Crippen LogP contribution in [0, 0.1) is 5.92 Å². The van der Waals surface area contributed by atoms with Gasteiger partial charge in [-0.15, -0.1) is 0 Å². The molecule has 0 aliphatic rings. The van der Waals surface area contributed by atoms with Crippen molar-refractivity contribution in [3.63, 3.8) is 0 Å². The van der Waals surface area contributed by atoms with Gasteiger partial charge < -0.3 is 24.3 Å².